The summed E-state index contributed by atoms with van der Waals surface area (Å²) in [6.07, 6.45) is 1.82. The van der Waals surface area contributed by atoms with Crippen molar-refractivity contribution in [2.24, 2.45) is 0 Å². The normalized spacial score (nSPS) is 11.9. The van der Waals surface area contributed by atoms with Gasteiger partial charge in [0.05, 0.1) is 16.0 Å². The molecule has 4 aromatic rings. The van der Waals surface area contributed by atoms with E-state index < -0.39 is 10.0 Å². The van der Waals surface area contributed by atoms with Crippen LogP contribution >= 0.6 is 0 Å². The minimum absolute atomic E-state index is 0.187. The molecule has 1 N–H and O–H groups in total. The average molecular weight is 421 g/mol. The second-order valence-corrected chi connectivity index (χ2v) is 9.50. The van der Waals surface area contributed by atoms with E-state index in [0.717, 1.165) is 22.4 Å². The average Bonchev–Trinajstić information content (AvgIpc) is 3.05. The van der Waals surface area contributed by atoms with Crippen molar-refractivity contribution >= 4 is 26.9 Å². The van der Waals surface area contributed by atoms with Gasteiger partial charge in [0.25, 0.3) is 10.0 Å². The molecule has 6 nitrogen and oxygen atoms in total. The van der Waals surface area contributed by atoms with Gasteiger partial charge in [-0.25, -0.2) is 18.1 Å². The summed E-state index contributed by atoms with van der Waals surface area (Å²) in [6, 6.07) is 16.3. The van der Waals surface area contributed by atoms with E-state index in [1.165, 1.54) is 0 Å². The van der Waals surface area contributed by atoms with Crippen LogP contribution in [0.3, 0.4) is 0 Å². The van der Waals surface area contributed by atoms with Crippen molar-refractivity contribution in [1.82, 2.24) is 14.8 Å². The molecule has 2 aromatic carbocycles. The lowest BCUT2D eigenvalue weighted by Gasteiger charge is -2.07. The van der Waals surface area contributed by atoms with Gasteiger partial charge in [-0.05, 0) is 66.8 Å². The Labute approximate surface area is 176 Å². The number of anilines is 1. The third-order valence-corrected chi connectivity index (χ3v) is 6.30. The molecule has 0 saturated heterocycles. The van der Waals surface area contributed by atoms with Crippen LogP contribution in [0.4, 0.5) is 5.82 Å². The fourth-order valence-electron chi connectivity index (χ4n) is 3.45. The molecule has 0 amide bonds. The van der Waals surface area contributed by atoms with Gasteiger partial charge in [0.2, 0.25) is 0 Å². The summed E-state index contributed by atoms with van der Waals surface area (Å²) < 4.78 is 30.2. The number of hydrogen-bond donors (Lipinski definition) is 1. The van der Waals surface area contributed by atoms with Gasteiger partial charge in [-0.3, -0.25) is 4.72 Å². The topological polar surface area (TPSA) is 76.9 Å². The Morgan fingerprint density at radius 1 is 0.967 bits per heavy atom. The van der Waals surface area contributed by atoms with Crippen molar-refractivity contribution in [2.45, 2.75) is 38.5 Å². The van der Waals surface area contributed by atoms with Crippen molar-refractivity contribution in [1.29, 1.82) is 0 Å². The van der Waals surface area contributed by atoms with E-state index in [9.17, 15) is 8.42 Å². The van der Waals surface area contributed by atoms with E-state index in [-0.39, 0.29) is 16.6 Å². The Balaban J connectivity index is 1.91. The number of aromatic nitrogens is 3. The highest BCUT2D eigenvalue weighted by Crippen LogP contribution is 2.29. The van der Waals surface area contributed by atoms with Crippen LogP contribution in [-0.2, 0) is 10.0 Å². The third-order valence-electron chi connectivity index (χ3n) is 4.95. The Kier molecular flexibility index (Phi) is 5.07. The number of nitrogens with zero attached hydrogens (tertiary/aromatic N) is 3. The number of benzene rings is 2. The zero-order valence-electron chi connectivity index (χ0n) is 17.4. The highest BCUT2D eigenvalue weighted by Gasteiger charge is 2.21. The monoisotopic (exact) mass is 420 g/mol. The van der Waals surface area contributed by atoms with Crippen molar-refractivity contribution in [3.63, 3.8) is 0 Å². The first-order valence-corrected chi connectivity index (χ1v) is 11.3. The predicted octanol–water partition coefficient (Wildman–Crippen LogP) is 4.96. The number of hydrogen-bond acceptors (Lipinski definition) is 4. The molecule has 7 heteroatoms. The maximum Gasteiger partial charge on any atom is 0.263 e. The summed E-state index contributed by atoms with van der Waals surface area (Å²) in [4.78, 5) is 4.81. The van der Waals surface area contributed by atoms with E-state index in [0.29, 0.717) is 11.0 Å². The lowest BCUT2D eigenvalue weighted by Crippen LogP contribution is -2.13. The highest BCUT2D eigenvalue weighted by molar-refractivity contribution is 7.92. The molecule has 0 aliphatic heterocycles. The number of sulfonamides is 1. The first-order chi connectivity index (χ1) is 14.2. The zero-order chi connectivity index (χ0) is 21.5. The minimum Gasteiger partial charge on any atom is -0.261 e. The van der Waals surface area contributed by atoms with Crippen LogP contribution in [0.2, 0.25) is 0 Å². The molecule has 0 spiro atoms. The molecule has 4 rings (SSSR count). The van der Waals surface area contributed by atoms with Crippen LogP contribution in [0.25, 0.3) is 16.7 Å². The summed E-state index contributed by atoms with van der Waals surface area (Å²) in [5.41, 5.74) is 4.66. The number of aryl methyl sites for hydroxylation is 2. The second kappa shape index (κ2) is 7.57. The molecule has 0 radical (unpaired) electrons. The lowest BCUT2D eigenvalue weighted by atomic mass is 10.1. The molecule has 0 aliphatic rings. The molecule has 0 atom stereocenters. The standard InChI is InChI=1S/C23H24N4O2S/c1-15(2)18-13-21-22(26-30(28,29)20-8-6-5-7-9-20)25-27(23(21)24-14-18)19-11-16(3)10-17(4)12-19/h5-15H,1-4H3,(H,25,26). The smallest absolute Gasteiger partial charge is 0.261 e. The molecule has 0 fully saturated rings. The maximum absolute atomic E-state index is 12.9. The van der Waals surface area contributed by atoms with Crippen LogP contribution in [0.15, 0.2) is 65.7 Å². The van der Waals surface area contributed by atoms with Crippen molar-refractivity contribution < 1.29 is 8.42 Å². The number of fused-ring (bicyclic) bond motifs is 1. The molecule has 0 bridgehead atoms. The van der Waals surface area contributed by atoms with Gasteiger partial charge in [-0.1, -0.05) is 38.1 Å². The number of rotatable bonds is 5. The van der Waals surface area contributed by atoms with Gasteiger partial charge >= 0.3 is 0 Å². The fraction of sp³-hybridized carbons (Fsp3) is 0.217. The highest BCUT2D eigenvalue weighted by atomic mass is 32.2. The van der Waals surface area contributed by atoms with Crippen LogP contribution in [-0.4, -0.2) is 23.2 Å². The number of pyridine rings is 1. The summed E-state index contributed by atoms with van der Waals surface area (Å²) in [7, 11) is -3.78. The minimum atomic E-state index is -3.78. The van der Waals surface area contributed by atoms with Crippen LogP contribution in [0, 0.1) is 13.8 Å². The van der Waals surface area contributed by atoms with E-state index in [2.05, 4.69) is 34.7 Å². The Hall–Kier alpha value is -3.19. The van der Waals surface area contributed by atoms with E-state index in [1.54, 1.807) is 35.0 Å². The quantitative estimate of drug-likeness (QED) is 0.495. The molecule has 30 heavy (non-hydrogen) atoms. The molecule has 0 unspecified atom stereocenters. The molecule has 0 aliphatic carbocycles. The molecule has 154 valence electrons. The summed E-state index contributed by atoms with van der Waals surface area (Å²) in [6.45, 7) is 8.19. The van der Waals surface area contributed by atoms with E-state index in [1.807, 2.05) is 38.2 Å². The van der Waals surface area contributed by atoms with Crippen molar-refractivity contribution in [3.05, 3.63) is 77.5 Å². The van der Waals surface area contributed by atoms with Gasteiger partial charge in [0.15, 0.2) is 11.5 Å². The molecular weight excluding hydrogens is 396 g/mol. The summed E-state index contributed by atoms with van der Waals surface area (Å²) in [5, 5.41) is 5.28. The first kappa shape index (κ1) is 20.1. The molecule has 0 saturated carbocycles. The number of nitrogens with one attached hydrogen (secondary N) is 1. The first-order valence-electron chi connectivity index (χ1n) is 9.80. The van der Waals surface area contributed by atoms with Gasteiger partial charge in [-0.2, -0.15) is 0 Å². The lowest BCUT2D eigenvalue weighted by molar-refractivity contribution is 0.601. The van der Waals surface area contributed by atoms with Gasteiger partial charge in [0, 0.05) is 6.20 Å². The maximum atomic E-state index is 12.9. The van der Waals surface area contributed by atoms with E-state index in [4.69, 9.17) is 0 Å². The predicted molar refractivity (Wildman–Crippen MR) is 120 cm³/mol. The molecular formula is C23H24N4O2S. The van der Waals surface area contributed by atoms with E-state index >= 15 is 0 Å². The Morgan fingerprint density at radius 2 is 1.63 bits per heavy atom. The molecule has 2 heterocycles. The van der Waals surface area contributed by atoms with Gasteiger partial charge in [-0.15, -0.1) is 5.10 Å². The van der Waals surface area contributed by atoms with Crippen molar-refractivity contribution in [2.75, 3.05) is 4.72 Å². The van der Waals surface area contributed by atoms with Crippen molar-refractivity contribution in [3.8, 4) is 5.69 Å². The SMILES string of the molecule is Cc1cc(C)cc(-n2nc(NS(=O)(=O)c3ccccc3)c3cc(C(C)C)cnc32)c1. The zero-order valence-corrected chi connectivity index (χ0v) is 18.2. The molecule has 2 aromatic heterocycles. The fourth-order valence-corrected chi connectivity index (χ4v) is 4.49. The van der Waals surface area contributed by atoms with Crippen LogP contribution in [0.5, 0.6) is 0 Å². The Morgan fingerprint density at radius 3 is 2.27 bits per heavy atom. The van der Waals surface area contributed by atoms with Gasteiger partial charge in [0.1, 0.15) is 0 Å². The van der Waals surface area contributed by atoms with Gasteiger partial charge < -0.3 is 0 Å². The summed E-state index contributed by atoms with van der Waals surface area (Å²) in [5.74, 6) is 0.521. The largest absolute Gasteiger partial charge is 0.263 e. The van der Waals surface area contributed by atoms with Crippen LogP contribution in [0.1, 0.15) is 36.5 Å². The summed E-state index contributed by atoms with van der Waals surface area (Å²) >= 11 is 0. The second-order valence-electron chi connectivity index (χ2n) is 7.82. The third kappa shape index (κ3) is 3.80. The Bertz CT molecular complexity index is 1310. The van der Waals surface area contributed by atoms with Crippen LogP contribution < -0.4 is 4.72 Å².